The molecule has 0 atom stereocenters. The molecule has 0 aliphatic rings. The van der Waals surface area contributed by atoms with Gasteiger partial charge in [-0.25, -0.2) is 0 Å². The Morgan fingerprint density at radius 1 is 1.40 bits per heavy atom. The van der Waals surface area contributed by atoms with Crippen molar-refractivity contribution in [3.63, 3.8) is 0 Å². The number of aryl methyl sites for hydroxylation is 1. The predicted molar refractivity (Wildman–Crippen MR) is 67.4 cm³/mol. The number of halogens is 1. The van der Waals surface area contributed by atoms with E-state index in [1.54, 1.807) is 5.54 Å². The van der Waals surface area contributed by atoms with Crippen molar-refractivity contribution in [2.45, 2.75) is 20.3 Å². The molecule has 0 saturated heterocycles. The Morgan fingerprint density at radius 3 is 2.80 bits per heavy atom. The van der Waals surface area contributed by atoms with Gasteiger partial charge < -0.3 is 5.32 Å². The summed E-state index contributed by atoms with van der Waals surface area (Å²) in [6, 6.07) is 8.50. The van der Waals surface area contributed by atoms with Crippen LogP contribution in [0.25, 0.3) is 0 Å². The van der Waals surface area contributed by atoms with Crippen LogP contribution < -0.4 is 5.32 Å². The molecule has 1 aromatic rings. The van der Waals surface area contributed by atoms with Crippen LogP contribution in [0.3, 0.4) is 0 Å². The van der Waals surface area contributed by atoms with Gasteiger partial charge in [-0.05, 0) is 43.5 Å². The third kappa shape index (κ3) is 4.50. The highest BCUT2D eigenvalue weighted by Gasteiger charge is 1.96. The summed E-state index contributed by atoms with van der Waals surface area (Å²) in [7, 11) is 0. The van der Waals surface area contributed by atoms with Crippen LogP contribution >= 0.6 is 11.6 Å². The van der Waals surface area contributed by atoms with E-state index in [1.165, 1.54) is 16.7 Å². The summed E-state index contributed by atoms with van der Waals surface area (Å²) in [5, 5.41) is 3.36. The van der Waals surface area contributed by atoms with E-state index in [0.29, 0.717) is 0 Å². The minimum absolute atomic E-state index is 0.870. The number of nitrogens with one attached hydrogen (secondary N) is 1. The first kappa shape index (κ1) is 12.3. The molecule has 0 bridgehead atoms. The lowest BCUT2D eigenvalue weighted by Crippen LogP contribution is -2.19. The molecule has 1 rings (SSSR count). The van der Waals surface area contributed by atoms with E-state index in [1.807, 2.05) is 6.92 Å². The normalized spacial score (nSPS) is 11.8. The van der Waals surface area contributed by atoms with Gasteiger partial charge in [-0.2, -0.15) is 0 Å². The van der Waals surface area contributed by atoms with Gasteiger partial charge in [-0.3, -0.25) is 0 Å². The summed E-state index contributed by atoms with van der Waals surface area (Å²) in [6.45, 7) is 6.04. The smallest absolute Gasteiger partial charge is 0.0173 e. The number of rotatable bonds is 5. The van der Waals surface area contributed by atoms with E-state index < -0.39 is 0 Å². The molecule has 2 heteroatoms. The standard InChI is InChI=1S/C13H18ClN/c1-11(9-14)10-15-8-7-13-6-4-3-5-12(13)2/h3-6,9,15H,7-8,10H2,1-2H3/b11-9-. The third-order valence-electron chi connectivity index (χ3n) is 2.42. The first-order valence-electron chi connectivity index (χ1n) is 5.25. The lowest BCUT2D eigenvalue weighted by Gasteiger charge is -2.06. The number of hydrogen-bond acceptors (Lipinski definition) is 1. The fourth-order valence-electron chi connectivity index (χ4n) is 1.44. The number of benzene rings is 1. The first-order valence-corrected chi connectivity index (χ1v) is 5.68. The van der Waals surface area contributed by atoms with Crippen molar-refractivity contribution >= 4 is 11.6 Å². The maximum absolute atomic E-state index is 5.57. The van der Waals surface area contributed by atoms with Crippen LogP contribution in [0.5, 0.6) is 0 Å². The van der Waals surface area contributed by atoms with E-state index in [-0.39, 0.29) is 0 Å². The van der Waals surface area contributed by atoms with Gasteiger partial charge >= 0.3 is 0 Å². The van der Waals surface area contributed by atoms with Crippen LogP contribution in [0.15, 0.2) is 35.4 Å². The van der Waals surface area contributed by atoms with Gasteiger partial charge in [0.15, 0.2) is 0 Å². The summed E-state index contributed by atoms with van der Waals surface area (Å²) in [5.41, 5.74) is 5.57. The molecule has 82 valence electrons. The summed E-state index contributed by atoms with van der Waals surface area (Å²) >= 11 is 5.57. The van der Waals surface area contributed by atoms with E-state index in [2.05, 4.69) is 36.5 Å². The Bertz CT molecular complexity index is 331. The fraction of sp³-hybridized carbons (Fsp3) is 0.385. The average molecular weight is 224 g/mol. The van der Waals surface area contributed by atoms with Crippen molar-refractivity contribution in [1.29, 1.82) is 0 Å². The summed E-state index contributed by atoms with van der Waals surface area (Å²) in [6.07, 6.45) is 1.07. The third-order valence-corrected chi connectivity index (χ3v) is 2.79. The average Bonchev–Trinajstić information content (AvgIpc) is 2.26. The minimum atomic E-state index is 0.870. The van der Waals surface area contributed by atoms with Crippen molar-refractivity contribution in [2.75, 3.05) is 13.1 Å². The second kappa shape index (κ2) is 6.65. The van der Waals surface area contributed by atoms with Crippen LogP contribution in [0.4, 0.5) is 0 Å². The molecule has 1 aromatic carbocycles. The Balaban J connectivity index is 2.29. The highest BCUT2D eigenvalue weighted by molar-refractivity contribution is 6.25. The van der Waals surface area contributed by atoms with Crippen molar-refractivity contribution in [3.05, 3.63) is 46.5 Å². The Morgan fingerprint density at radius 2 is 2.13 bits per heavy atom. The van der Waals surface area contributed by atoms with E-state index in [9.17, 15) is 0 Å². The molecule has 1 N–H and O–H groups in total. The van der Waals surface area contributed by atoms with E-state index >= 15 is 0 Å². The Hall–Kier alpha value is -0.790. The maximum atomic E-state index is 5.57. The van der Waals surface area contributed by atoms with Gasteiger partial charge in [-0.15, -0.1) is 0 Å². The van der Waals surface area contributed by atoms with Gasteiger partial charge in [0.1, 0.15) is 0 Å². The number of hydrogen-bond donors (Lipinski definition) is 1. The molecular weight excluding hydrogens is 206 g/mol. The molecule has 0 aliphatic heterocycles. The van der Waals surface area contributed by atoms with Gasteiger partial charge in [0, 0.05) is 12.1 Å². The molecule has 0 radical (unpaired) electrons. The summed E-state index contributed by atoms with van der Waals surface area (Å²) in [4.78, 5) is 0. The lowest BCUT2D eigenvalue weighted by atomic mass is 10.1. The second-order valence-electron chi connectivity index (χ2n) is 3.81. The van der Waals surface area contributed by atoms with Crippen LogP contribution in [0.2, 0.25) is 0 Å². The fourth-order valence-corrected chi connectivity index (χ4v) is 1.51. The van der Waals surface area contributed by atoms with Crippen LogP contribution in [-0.4, -0.2) is 13.1 Å². The van der Waals surface area contributed by atoms with Crippen LogP contribution in [0, 0.1) is 6.92 Å². The molecule has 0 aromatic heterocycles. The molecule has 15 heavy (non-hydrogen) atoms. The maximum Gasteiger partial charge on any atom is 0.0173 e. The molecule has 0 fully saturated rings. The second-order valence-corrected chi connectivity index (χ2v) is 4.03. The largest absolute Gasteiger partial charge is 0.313 e. The van der Waals surface area contributed by atoms with Gasteiger partial charge in [0.25, 0.3) is 0 Å². The lowest BCUT2D eigenvalue weighted by molar-refractivity contribution is 0.726. The molecule has 0 heterocycles. The zero-order chi connectivity index (χ0) is 11.1. The summed E-state index contributed by atoms with van der Waals surface area (Å²) < 4.78 is 0. The van der Waals surface area contributed by atoms with Gasteiger partial charge in [0.05, 0.1) is 0 Å². The highest BCUT2D eigenvalue weighted by atomic mass is 35.5. The highest BCUT2D eigenvalue weighted by Crippen LogP contribution is 2.06. The van der Waals surface area contributed by atoms with Gasteiger partial charge in [-0.1, -0.05) is 35.9 Å². The van der Waals surface area contributed by atoms with Crippen LogP contribution in [0.1, 0.15) is 18.1 Å². The molecular formula is C13H18ClN. The molecule has 0 amide bonds. The Labute approximate surface area is 97.1 Å². The zero-order valence-corrected chi connectivity index (χ0v) is 10.1. The predicted octanol–water partition coefficient (Wildman–Crippen LogP) is 3.27. The van der Waals surface area contributed by atoms with Crippen molar-refractivity contribution in [2.24, 2.45) is 0 Å². The SMILES string of the molecule is C/C(=C/Cl)CNCCc1ccccc1C. The Kier molecular flexibility index (Phi) is 5.44. The quantitative estimate of drug-likeness (QED) is 0.756. The topological polar surface area (TPSA) is 12.0 Å². The van der Waals surface area contributed by atoms with Crippen LogP contribution in [-0.2, 0) is 6.42 Å². The molecule has 1 nitrogen and oxygen atoms in total. The minimum Gasteiger partial charge on any atom is -0.313 e. The molecule has 0 unspecified atom stereocenters. The van der Waals surface area contributed by atoms with Crippen molar-refractivity contribution in [1.82, 2.24) is 5.32 Å². The zero-order valence-electron chi connectivity index (χ0n) is 9.39. The van der Waals surface area contributed by atoms with Gasteiger partial charge in [0.2, 0.25) is 0 Å². The van der Waals surface area contributed by atoms with Crippen molar-refractivity contribution < 1.29 is 0 Å². The first-order chi connectivity index (χ1) is 7.24. The molecule has 0 aliphatic carbocycles. The monoisotopic (exact) mass is 223 g/mol. The molecule has 0 spiro atoms. The summed E-state index contributed by atoms with van der Waals surface area (Å²) in [5.74, 6) is 0. The van der Waals surface area contributed by atoms with E-state index in [0.717, 1.165) is 19.5 Å². The van der Waals surface area contributed by atoms with Crippen molar-refractivity contribution in [3.8, 4) is 0 Å². The molecule has 0 saturated carbocycles. The van der Waals surface area contributed by atoms with E-state index in [4.69, 9.17) is 11.6 Å².